The smallest absolute Gasteiger partial charge is 0.332 e. The van der Waals surface area contributed by atoms with Crippen LogP contribution < -0.4 is 20.6 Å². The molecule has 6 nitrogen and oxygen atoms in total. The van der Waals surface area contributed by atoms with Crippen LogP contribution in [0, 0.1) is 0 Å². The lowest BCUT2D eigenvalue weighted by molar-refractivity contribution is 0.217. The van der Waals surface area contributed by atoms with Crippen LogP contribution in [0.1, 0.15) is 31.9 Å². The fraction of sp³-hybridized carbons (Fsp3) is 0.300. The Labute approximate surface area is 174 Å². The Morgan fingerprint density at radius 2 is 1.79 bits per heavy atom. The summed E-state index contributed by atoms with van der Waals surface area (Å²) in [6.45, 7) is 7.06. The molecule has 0 spiro atoms. The second kappa shape index (κ2) is 9.66. The molecule has 0 aliphatic carbocycles. The molecule has 150 valence electrons. The summed E-state index contributed by atoms with van der Waals surface area (Å²) in [5.74, 6) is 1.14. The van der Waals surface area contributed by atoms with Crippen molar-refractivity contribution >= 4 is 35.4 Å². The summed E-state index contributed by atoms with van der Waals surface area (Å²) in [4.78, 5) is 10.7. The number of nitrogens with two attached hydrogens (primary N) is 1. The van der Waals surface area contributed by atoms with E-state index in [1.165, 1.54) is 11.8 Å². The number of ether oxygens (including phenoxy) is 2. The van der Waals surface area contributed by atoms with Crippen molar-refractivity contribution < 1.29 is 14.3 Å². The van der Waals surface area contributed by atoms with Gasteiger partial charge in [-0.25, -0.2) is 10.2 Å². The summed E-state index contributed by atoms with van der Waals surface area (Å²) >= 11 is 12.2. The molecule has 0 saturated heterocycles. The van der Waals surface area contributed by atoms with E-state index in [1.807, 2.05) is 24.3 Å². The van der Waals surface area contributed by atoms with E-state index < -0.39 is 6.03 Å². The van der Waals surface area contributed by atoms with Gasteiger partial charge in [0, 0.05) is 10.6 Å². The molecule has 0 radical (unpaired) electrons. The number of hydrogen-bond donors (Lipinski definition) is 2. The van der Waals surface area contributed by atoms with Crippen molar-refractivity contribution in [2.75, 3.05) is 13.2 Å². The Balaban J connectivity index is 1.97. The van der Waals surface area contributed by atoms with Gasteiger partial charge in [0.05, 0.1) is 11.2 Å². The first-order valence-corrected chi connectivity index (χ1v) is 9.36. The van der Waals surface area contributed by atoms with Crippen molar-refractivity contribution in [1.82, 2.24) is 5.43 Å². The van der Waals surface area contributed by atoms with Gasteiger partial charge < -0.3 is 15.2 Å². The molecule has 2 rings (SSSR count). The summed E-state index contributed by atoms with van der Waals surface area (Å²) in [6.07, 6.45) is 1.35. The van der Waals surface area contributed by atoms with E-state index in [0.717, 1.165) is 5.75 Å². The maximum Gasteiger partial charge on any atom is 0.332 e. The van der Waals surface area contributed by atoms with Crippen molar-refractivity contribution in [3.05, 3.63) is 57.6 Å². The molecule has 0 heterocycles. The first kappa shape index (κ1) is 21.9. The van der Waals surface area contributed by atoms with Crippen LogP contribution >= 0.6 is 23.2 Å². The number of nitrogens with zero attached hydrogens (tertiary/aromatic N) is 1. The number of benzene rings is 2. The van der Waals surface area contributed by atoms with Gasteiger partial charge >= 0.3 is 6.03 Å². The number of primary amides is 1. The van der Waals surface area contributed by atoms with Crippen LogP contribution in [-0.2, 0) is 5.41 Å². The van der Waals surface area contributed by atoms with E-state index in [4.69, 9.17) is 38.4 Å². The van der Waals surface area contributed by atoms with E-state index in [-0.39, 0.29) is 12.0 Å². The molecule has 0 aliphatic rings. The average Bonchev–Trinajstić information content (AvgIpc) is 2.59. The van der Waals surface area contributed by atoms with Gasteiger partial charge in [-0.1, -0.05) is 56.1 Å². The molecule has 0 unspecified atom stereocenters. The normalized spacial score (nSPS) is 11.5. The van der Waals surface area contributed by atoms with Crippen molar-refractivity contribution in [2.45, 2.75) is 26.2 Å². The van der Waals surface area contributed by atoms with E-state index in [9.17, 15) is 4.79 Å². The van der Waals surface area contributed by atoms with Crippen LogP contribution in [0.2, 0.25) is 10.0 Å². The molecule has 8 heteroatoms. The van der Waals surface area contributed by atoms with Crippen LogP contribution in [0.5, 0.6) is 11.5 Å². The van der Waals surface area contributed by atoms with E-state index in [1.54, 1.807) is 12.1 Å². The molecule has 2 aromatic carbocycles. The minimum atomic E-state index is -0.780. The zero-order valence-electron chi connectivity index (χ0n) is 16.0. The van der Waals surface area contributed by atoms with Crippen LogP contribution in [0.3, 0.4) is 0 Å². The van der Waals surface area contributed by atoms with Gasteiger partial charge in [-0.3, -0.25) is 0 Å². The van der Waals surface area contributed by atoms with E-state index in [2.05, 4.69) is 31.3 Å². The van der Waals surface area contributed by atoms with Crippen molar-refractivity contribution in [3.63, 3.8) is 0 Å². The highest BCUT2D eigenvalue weighted by Gasteiger charge is 2.13. The molecule has 0 atom stereocenters. The molecule has 0 bridgehead atoms. The standard InChI is InChI=1S/C20H23Cl2N3O3/c1-20(2,3)14-4-6-16(7-5-14)27-8-9-28-18-13(12-24-25-19(23)26)10-15(21)11-17(18)22/h4-7,10-12H,8-9H2,1-3H3,(H3,23,25,26)/b24-12-. The maximum absolute atomic E-state index is 10.7. The third-order valence-electron chi connectivity index (χ3n) is 3.73. The Hall–Kier alpha value is -2.44. The first-order valence-electron chi connectivity index (χ1n) is 8.60. The third kappa shape index (κ3) is 6.62. The predicted molar refractivity (Wildman–Crippen MR) is 113 cm³/mol. The Kier molecular flexibility index (Phi) is 7.54. The molecular formula is C20H23Cl2N3O3. The molecule has 0 aromatic heterocycles. The molecule has 28 heavy (non-hydrogen) atoms. The highest BCUT2D eigenvalue weighted by atomic mass is 35.5. The van der Waals surface area contributed by atoms with Gasteiger partial charge in [-0.05, 0) is 35.2 Å². The number of hydrogen-bond acceptors (Lipinski definition) is 4. The van der Waals surface area contributed by atoms with Gasteiger partial charge in [0.15, 0.2) is 0 Å². The minimum absolute atomic E-state index is 0.0916. The lowest BCUT2D eigenvalue weighted by Crippen LogP contribution is -2.24. The summed E-state index contributed by atoms with van der Waals surface area (Å²) in [7, 11) is 0. The SMILES string of the molecule is CC(C)(C)c1ccc(OCCOc2c(Cl)cc(Cl)cc2/C=N\NC(N)=O)cc1. The molecule has 3 N–H and O–H groups in total. The second-order valence-corrected chi connectivity index (χ2v) is 7.86. The lowest BCUT2D eigenvalue weighted by Gasteiger charge is -2.19. The molecule has 0 aliphatic heterocycles. The Bertz CT molecular complexity index is 847. The third-order valence-corrected chi connectivity index (χ3v) is 4.23. The number of rotatable bonds is 7. The number of nitrogens with one attached hydrogen (secondary N) is 1. The molecular weight excluding hydrogens is 401 g/mol. The van der Waals surface area contributed by atoms with Crippen LogP contribution in [-0.4, -0.2) is 25.5 Å². The zero-order valence-corrected chi connectivity index (χ0v) is 17.5. The number of halogens is 2. The van der Waals surface area contributed by atoms with E-state index >= 15 is 0 Å². The Morgan fingerprint density at radius 1 is 1.14 bits per heavy atom. The van der Waals surface area contributed by atoms with E-state index in [0.29, 0.717) is 28.0 Å². The van der Waals surface area contributed by atoms with Crippen molar-refractivity contribution in [1.29, 1.82) is 0 Å². The minimum Gasteiger partial charge on any atom is -0.490 e. The maximum atomic E-state index is 10.7. The summed E-state index contributed by atoms with van der Waals surface area (Å²) in [6, 6.07) is 10.4. The van der Waals surface area contributed by atoms with Gasteiger partial charge in [0.25, 0.3) is 0 Å². The van der Waals surface area contributed by atoms with Gasteiger partial charge in [-0.2, -0.15) is 5.10 Å². The molecule has 0 fully saturated rings. The number of urea groups is 1. The number of carbonyl (C=O) groups is 1. The van der Waals surface area contributed by atoms with Gasteiger partial charge in [0.1, 0.15) is 24.7 Å². The fourth-order valence-electron chi connectivity index (χ4n) is 2.35. The van der Waals surface area contributed by atoms with Crippen LogP contribution in [0.25, 0.3) is 0 Å². The second-order valence-electron chi connectivity index (χ2n) is 7.01. The monoisotopic (exact) mass is 423 g/mol. The summed E-state index contributed by atoms with van der Waals surface area (Å²) in [5, 5.41) is 4.44. The lowest BCUT2D eigenvalue weighted by atomic mass is 9.87. The summed E-state index contributed by atoms with van der Waals surface area (Å²) in [5.41, 5.74) is 8.91. The van der Waals surface area contributed by atoms with Crippen LogP contribution in [0.15, 0.2) is 41.5 Å². The molecule has 2 amide bonds. The first-order chi connectivity index (χ1) is 13.2. The number of hydrazone groups is 1. The quantitative estimate of drug-likeness (QED) is 0.382. The average molecular weight is 424 g/mol. The van der Waals surface area contributed by atoms with Crippen LogP contribution in [0.4, 0.5) is 4.79 Å². The summed E-state index contributed by atoms with van der Waals surface area (Å²) < 4.78 is 11.4. The van der Waals surface area contributed by atoms with Gasteiger partial charge in [0.2, 0.25) is 0 Å². The number of carbonyl (C=O) groups excluding carboxylic acids is 1. The van der Waals surface area contributed by atoms with Crippen molar-refractivity contribution in [3.8, 4) is 11.5 Å². The highest BCUT2D eigenvalue weighted by Crippen LogP contribution is 2.31. The van der Waals surface area contributed by atoms with Crippen molar-refractivity contribution in [2.24, 2.45) is 10.8 Å². The topological polar surface area (TPSA) is 85.9 Å². The molecule has 2 aromatic rings. The Morgan fingerprint density at radius 3 is 2.39 bits per heavy atom. The van der Waals surface area contributed by atoms with Gasteiger partial charge in [-0.15, -0.1) is 0 Å². The highest BCUT2D eigenvalue weighted by molar-refractivity contribution is 6.36. The number of amides is 2. The largest absolute Gasteiger partial charge is 0.490 e. The molecule has 0 saturated carbocycles. The zero-order chi connectivity index (χ0) is 20.7. The fourth-order valence-corrected chi connectivity index (χ4v) is 2.91. The predicted octanol–water partition coefficient (Wildman–Crippen LogP) is 4.75.